The number of pyridine rings is 2. The number of nitrogens with zero attached hydrogens (tertiary/aromatic N) is 2. The van der Waals surface area contributed by atoms with Crippen molar-refractivity contribution in [3.63, 3.8) is 0 Å². The van der Waals surface area contributed by atoms with Crippen molar-refractivity contribution in [1.82, 2.24) is 20.6 Å². The van der Waals surface area contributed by atoms with Gasteiger partial charge in [-0.25, -0.2) is 9.37 Å². The van der Waals surface area contributed by atoms with E-state index in [9.17, 15) is 37.1 Å². The molecule has 6 N–H and O–H groups in total. The third-order valence-corrected chi connectivity index (χ3v) is 8.50. The quantitative estimate of drug-likeness (QED) is 0.181. The van der Waals surface area contributed by atoms with Gasteiger partial charge in [-0.1, -0.05) is 6.07 Å². The molecule has 0 radical (unpaired) electrons. The van der Waals surface area contributed by atoms with Crippen molar-refractivity contribution < 1.29 is 41.8 Å². The average Bonchev–Trinajstić information content (AvgIpc) is 3.36. The van der Waals surface area contributed by atoms with Crippen molar-refractivity contribution in [3.05, 3.63) is 83.4 Å². The van der Waals surface area contributed by atoms with Crippen molar-refractivity contribution >= 4 is 34.3 Å². The number of aliphatic hydroxyl groups is 1. The van der Waals surface area contributed by atoms with E-state index in [1.165, 1.54) is 37.4 Å². The number of aromatic nitrogens is 2. The maximum atomic E-state index is 14.8. The molecule has 0 aliphatic carbocycles. The molecule has 4 heterocycles. The summed E-state index contributed by atoms with van der Waals surface area (Å²) in [6.45, 7) is 0.336. The lowest BCUT2D eigenvalue weighted by molar-refractivity contribution is -0.265. The van der Waals surface area contributed by atoms with Gasteiger partial charge >= 0.3 is 6.18 Å². The van der Waals surface area contributed by atoms with Gasteiger partial charge in [0.15, 0.2) is 0 Å². The number of nitrogens with one attached hydrogen (secondary N) is 3. The van der Waals surface area contributed by atoms with Crippen LogP contribution in [-0.2, 0) is 20.6 Å². The molecule has 0 spiro atoms. The molecule has 2 aromatic carbocycles. The summed E-state index contributed by atoms with van der Waals surface area (Å²) < 4.78 is 63.7. The van der Waals surface area contributed by atoms with E-state index in [-0.39, 0.29) is 46.3 Å². The molecule has 6 rings (SSSR count). The topological polar surface area (TPSA) is 169 Å². The third kappa shape index (κ3) is 5.61. The lowest BCUT2D eigenvalue weighted by Crippen LogP contribution is -2.52. The SMILES string of the molecule is C[C@]1(C(N)=O)COc2c1cc(C(O)(CNC(=O)c1cc(NC(=O)[C@@H]3CCN3)c3ncccc3c1)C(F)(F)F)nc2-c1ccc(F)cc1. The van der Waals surface area contributed by atoms with Crippen LogP contribution in [0.5, 0.6) is 5.75 Å². The predicted molar refractivity (Wildman–Crippen MR) is 161 cm³/mol. The Morgan fingerprint density at radius 1 is 1.15 bits per heavy atom. The van der Waals surface area contributed by atoms with Crippen LogP contribution in [0.2, 0.25) is 0 Å². The zero-order valence-corrected chi connectivity index (χ0v) is 24.7. The second-order valence-corrected chi connectivity index (χ2v) is 11.6. The molecule has 3 amide bonds. The van der Waals surface area contributed by atoms with Crippen LogP contribution in [0.3, 0.4) is 0 Å². The van der Waals surface area contributed by atoms with Crippen molar-refractivity contribution in [2.45, 2.75) is 36.6 Å². The summed E-state index contributed by atoms with van der Waals surface area (Å²) in [5, 5.41) is 19.6. The minimum Gasteiger partial charge on any atom is -0.489 e. The average molecular weight is 653 g/mol. The van der Waals surface area contributed by atoms with E-state index >= 15 is 0 Å². The van der Waals surface area contributed by atoms with Crippen LogP contribution in [0.25, 0.3) is 22.2 Å². The number of alkyl halides is 3. The molecule has 0 bridgehead atoms. The summed E-state index contributed by atoms with van der Waals surface area (Å²) >= 11 is 0. The first kappa shape index (κ1) is 31.8. The fourth-order valence-corrected chi connectivity index (χ4v) is 5.40. The van der Waals surface area contributed by atoms with Crippen LogP contribution in [0, 0.1) is 5.82 Å². The number of rotatable bonds is 8. The predicted octanol–water partition coefficient (Wildman–Crippen LogP) is 3.05. The van der Waals surface area contributed by atoms with E-state index in [2.05, 4.69) is 25.9 Å². The number of benzene rings is 2. The molecule has 15 heteroatoms. The molecule has 0 saturated carbocycles. The van der Waals surface area contributed by atoms with E-state index in [1.807, 2.05) is 0 Å². The first-order chi connectivity index (χ1) is 22.2. The van der Waals surface area contributed by atoms with Gasteiger partial charge < -0.3 is 31.5 Å². The first-order valence-electron chi connectivity index (χ1n) is 14.5. The highest BCUT2D eigenvalue weighted by Gasteiger charge is 2.57. The number of carbonyl (C=O) groups is 3. The number of carbonyl (C=O) groups excluding carboxylic acids is 3. The molecule has 244 valence electrons. The van der Waals surface area contributed by atoms with Crippen LogP contribution in [0.1, 0.15) is 35.0 Å². The summed E-state index contributed by atoms with van der Waals surface area (Å²) in [6, 6.07) is 11.0. The molecule has 2 aliphatic heterocycles. The normalized spacial score (nSPS) is 20.0. The van der Waals surface area contributed by atoms with Crippen molar-refractivity contribution in [1.29, 1.82) is 0 Å². The summed E-state index contributed by atoms with van der Waals surface area (Å²) in [7, 11) is 0. The molecular weight excluding hydrogens is 624 g/mol. The number of nitrogens with two attached hydrogens (primary N) is 1. The summed E-state index contributed by atoms with van der Waals surface area (Å²) in [5.41, 5.74) is -0.412. The van der Waals surface area contributed by atoms with Gasteiger partial charge in [0.05, 0.1) is 29.5 Å². The Labute approximate surface area is 264 Å². The molecule has 3 atom stereocenters. The Morgan fingerprint density at radius 3 is 2.51 bits per heavy atom. The van der Waals surface area contributed by atoms with Gasteiger partial charge in [0.2, 0.25) is 17.4 Å². The van der Waals surface area contributed by atoms with Crippen LogP contribution in [0.4, 0.5) is 23.2 Å². The van der Waals surface area contributed by atoms with E-state index in [0.717, 1.165) is 18.2 Å². The summed E-state index contributed by atoms with van der Waals surface area (Å²) in [5.74, 6) is -2.93. The third-order valence-electron chi connectivity index (χ3n) is 8.50. The van der Waals surface area contributed by atoms with Gasteiger partial charge in [0.1, 0.15) is 29.3 Å². The molecule has 2 aromatic heterocycles. The molecule has 1 fully saturated rings. The van der Waals surface area contributed by atoms with Gasteiger partial charge in [-0.3, -0.25) is 19.4 Å². The lowest BCUT2D eigenvalue weighted by Gasteiger charge is -2.31. The second-order valence-electron chi connectivity index (χ2n) is 11.6. The fourth-order valence-electron chi connectivity index (χ4n) is 5.40. The molecule has 1 unspecified atom stereocenters. The number of hydrogen-bond acceptors (Lipinski definition) is 8. The summed E-state index contributed by atoms with van der Waals surface area (Å²) in [4.78, 5) is 46.8. The van der Waals surface area contributed by atoms with E-state index in [4.69, 9.17) is 10.5 Å². The number of primary amides is 1. The highest BCUT2D eigenvalue weighted by Crippen LogP contribution is 2.47. The highest BCUT2D eigenvalue weighted by molar-refractivity contribution is 6.07. The van der Waals surface area contributed by atoms with Gasteiger partial charge in [-0.15, -0.1) is 0 Å². The number of hydrogen-bond donors (Lipinski definition) is 5. The Morgan fingerprint density at radius 2 is 1.87 bits per heavy atom. The van der Waals surface area contributed by atoms with E-state index < -0.39 is 53.1 Å². The lowest BCUT2D eigenvalue weighted by atomic mass is 9.81. The minimum absolute atomic E-state index is 0.0494. The fraction of sp³-hybridized carbons (Fsp3) is 0.281. The van der Waals surface area contributed by atoms with Gasteiger partial charge in [0.25, 0.3) is 5.91 Å². The number of ether oxygens (including phenoxy) is 1. The molecule has 2 aliphatic rings. The van der Waals surface area contributed by atoms with Crippen molar-refractivity contribution in [2.24, 2.45) is 5.73 Å². The van der Waals surface area contributed by atoms with Crippen LogP contribution in [0.15, 0.2) is 60.8 Å². The zero-order chi connectivity index (χ0) is 33.7. The van der Waals surface area contributed by atoms with Crippen LogP contribution < -0.4 is 26.4 Å². The Hall–Kier alpha value is -5.15. The van der Waals surface area contributed by atoms with Gasteiger partial charge in [-0.05, 0) is 68.4 Å². The standard InChI is InChI=1S/C32H28F4N6O5/c1-30(29(37)45)15-47-26-20(30)13-23(42-25(26)16-4-6-19(33)7-5-16)31(46,32(34,35)36)14-40-27(43)18-11-17-3-2-9-39-24(17)22(12-18)41-28(44)21-8-10-38-21/h2-7,9,11-13,21,38,46H,8,10,14-15H2,1H3,(H2,37,45)(H,40,43)(H,41,44)/t21-,30-,31?/m0/s1. The Bertz CT molecular complexity index is 1920. The zero-order valence-electron chi connectivity index (χ0n) is 24.7. The molecule has 4 aromatic rings. The monoisotopic (exact) mass is 652 g/mol. The van der Waals surface area contributed by atoms with Crippen molar-refractivity contribution in [2.75, 3.05) is 25.0 Å². The number of amides is 3. The summed E-state index contributed by atoms with van der Waals surface area (Å²) in [6.07, 6.45) is -3.30. The van der Waals surface area contributed by atoms with Gasteiger partial charge in [-0.2, -0.15) is 13.2 Å². The highest BCUT2D eigenvalue weighted by atomic mass is 19.4. The number of anilines is 1. The Kier molecular flexibility index (Phi) is 7.84. The smallest absolute Gasteiger partial charge is 0.424 e. The minimum atomic E-state index is -5.40. The van der Waals surface area contributed by atoms with Crippen LogP contribution >= 0.6 is 0 Å². The maximum Gasteiger partial charge on any atom is 0.424 e. The number of halogens is 4. The van der Waals surface area contributed by atoms with E-state index in [1.54, 1.807) is 12.1 Å². The molecule has 11 nitrogen and oxygen atoms in total. The largest absolute Gasteiger partial charge is 0.489 e. The van der Waals surface area contributed by atoms with Crippen LogP contribution in [-0.4, -0.2) is 64.7 Å². The second kappa shape index (κ2) is 11.6. The van der Waals surface area contributed by atoms with Gasteiger partial charge in [0, 0.05) is 28.3 Å². The number of fused-ring (bicyclic) bond motifs is 2. The molecule has 47 heavy (non-hydrogen) atoms. The molecular formula is C32H28F4N6O5. The Balaban J connectivity index is 1.38. The molecule has 1 saturated heterocycles. The first-order valence-corrected chi connectivity index (χ1v) is 14.5. The van der Waals surface area contributed by atoms with Crippen molar-refractivity contribution in [3.8, 4) is 17.0 Å². The van der Waals surface area contributed by atoms with E-state index in [0.29, 0.717) is 23.9 Å². The maximum absolute atomic E-state index is 14.8.